The number of hydrogen-bond donors (Lipinski definition) is 1. The summed E-state index contributed by atoms with van der Waals surface area (Å²) < 4.78 is 2.44. The van der Waals surface area contributed by atoms with Gasteiger partial charge in [-0.15, -0.1) is 0 Å². The number of nitrogens with zero attached hydrogens (tertiary/aromatic N) is 1. The molecule has 0 fully saturated rings. The number of fused-ring (bicyclic) bond motifs is 1. The van der Waals surface area contributed by atoms with E-state index in [9.17, 15) is 0 Å². The summed E-state index contributed by atoms with van der Waals surface area (Å²) in [4.78, 5) is 0. The second kappa shape index (κ2) is 8.23. The van der Waals surface area contributed by atoms with Crippen LogP contribution in [0.15, 0.2) is 30.5 Å². The number of unbranched alkanes of at least 4 members (excludes halogenated alkanes) is 1. The third-order valence-corrected chi connectivity index (χ3v) is 3.91. The molecule has 0 saturated heterocycles. The number of hydrogen-bond acceptors (Lipinski definition) is 1. The Kier molecular flexibility index (Phi) is 6.31. The zero-order valence-electron chi connectivity index (χ0n) is 13.9. The van der Waals surface area contributed by atoms with Crippen molar-refractivity contribution in [2.75, 3.05) is 13.1 Å². The molecule has 2 heteroatoms. The lowest BCUT2D eigenvalue weighted by Gasteiger charge is -2.07. The van der Waals surface area contributed by atoms with Crippen LogP contribution in [-0.2, 0) is 13.0 Å². The molecule has 0 aliphatic heterocycles. The lowest BCUT2D eigenvalue weighted by Crippen LogP contribution is -2.15. The summed E-state index contributed by atoms with van der Waals surface area (Å²) in [6, 6.07) is 8.84. The minimum atomic E-state index is 0.687. The largest absolute Gasteiger partial charge is 0.347 e. The number of benzene rings is 1. The number of aromatic nitrogens is 1. The summed E-state index contributed by atoms with van der Waals surface area (Å²) in [7, 11) is 0. The maximum Gasteiger partial charge on any atom is 0.0483 e. The van der Waals surface area contributed by atoms with E-state index in [2.05, 4.69) is 61.1 Å². The van der Waals surface area contributed by atoms with E-state index in [1.54, 1.807) is 0 Å². The Labute approximate surface area is 129 Å². The molecular formula is C19H30N2. The minimum absolute atomic E-state index is 0.687. The van der Waals surface area contributed by atoms with Crippen molar-refractivity contribution in [2.45, 2.75) is 53.0 Å². The SMILES string of the molecule is CCCNCCCCc1cn(CC(C)C)c2ccccc12. The van der Waals surface area contributed by atoms with E-state index in [0.29, 0.717) is 5.92 Å². The van der Waals surface area contributed by atoms with E-state index in [1.807, 2.05) is 0 Å². The molecule has 0 spiro atoms. The molecule has 0 radical (unpaired) electrons. The van der Waals surface area contributed by atoms with Gasteiger partial charge in [-0.1, -0.05) is 39.0 Å². The molecular weight excluding hydrogens is 256 g/mol. The number of rotatable bonds is 9. The molecule has 1 N–H and O–H groups in total. The van der Waals surface area contributed by atoms with Gasteiger partial charge >= 0.3 is 0 Å². The molecule has 1 heterocycles. The average Bonchev–Trinajstić information content (AvgIpc) is 2.81. The smallest absolute Gasteiger partial charge is 0.0483 e. The van der Waals surface area contributed by atoms with Crippen LogP contribution in [0.1, 0.15) is 45.6 Å². The van der Waals surface area contributed by atoms with Crippen molar-refractivity contribution in [3.8, 4) is 0 Å². The number of nitrogens with one attached hydrogen (secondary N) is 1. The fourth-order valence-corrected chi connectivity index (χ4v) is 2.93. The first-order valence-electron chi connectivity index (χ1n) is 8.49. The van der Waals surface area contributed by atoms with Crippen molar-refractivity contribution in [1.29, 1.82) is 0 Å². The van der Waals surface area contributed by atoms with Gasteiger partial charge in [0.2, 0.25) is 0 Å². The van der Waals surface area contributed by atoms with E-state index in [4.69, 9.17) is 0 Å². The van der Waals surface area contributed by atoms with Gasteiger partial charge in [0.05, 0.1) is 0 Å². The van der Waals surface area contributed by atoms with Gasteiger partial charge in [0.15, 0.2) is 0 Å². The Balaban J connectivity index is 1.99. The van der Waals surface area contributed by atoms with Crippen LogP contribution < -0.4 is 5.32 Å². The maximum absolute atomic E-state index is 3.48. The molecule has 0 aliphatic carbocycles. The van der Waals surface area contributed by atoms with Gasteiger partial charge in [0, 0.05) is 23.6 Å². The van der Waals surface area contributed by atoms with Crippen molar-refractivity contribution in [2.24, 2.45) is 5.92 Å². The highest BCUT2D eigenvalue weighted by Crippen LogP contribution is 2.23. The Hall–Kier alpha value is -1.28. The summed E-state index contributed by atoms with van der Waals surface area (Å²) in [5.74, 6) is 0.687. The van der Waals surface area contributed by atoms with Gasteiger partial charge in [-0.3, -0.25) is 0 Å². The summed E-state index contributed by atoms with van der Waals surface area (Å²) in [6.45, 7) is 10.2. The third-order valence-electron chi connectivity index (χ3n) is 3.91. The first-order chi connectivity index (χ1) is 10.2. The normalized spacial score (nSPS) is 11.6. The second-order valence-electron chi connectivity index (χ2n) is 6.42. The molecule has 0 amide bonds. The quantitative estimate of drug-likeness (QED) is 0.666. The zero-order chi connectivity index (χ0) is 15.1. The molecule has 2 nitrogen and oxygen atoms in total. The van der Waals surface area contributed by atoms with Crippen LogP contribution in [0, 0.1) is 5.92 Å². The molecule has 0 atom stereocenters. The van der Waals surface area contributed by atoms with Crippen LogP contribution in [0.4, 0.5) is 0 Å². The summed E-state index contributed by atoms with van der Waals surface area (Å²) >= 11 is 0. The van der Waals surface area contributed by atoms with Gasteiger partial charge in [-0.2, -0.15) is 0 Å². The molecule has 21 heavy (non-hydrogen) atoms. The molecule has 116 valence electrons. The van der Waals surface area contributed by atoms with Crippen LogP contribution in [0.5, 0.6) is 0 Å². The summed E-state index contributed by atoms with van der Waals surface area (Å²) in [5.41, 5.74) is 2.91. The lowest BCUT2D eigenvalue weighted by molar-refractivity contribution is 0.534. The molecule has 2 aromatic rings. The minimum Gasteiger partial charge on any atom is -0.347 e. The highest BCUT2D eigenvalue weighted by molar-refractivity contribution is 5.83. The highest BCUT2D eigenvalue weighted by Gasteiger charge is 2.08. The predicted molar refractivity (Wildman–Crippen MR) is 92.9 cm³/mol. The topological polar surface area (TPSA) is 17.0 Å². The first kappa shape index (κ1) is 16.1. The van der Waals surface area contributed by atoms with Gasteiger partial charge in [0.1, 0.15) is 0 Å². The molecule has 1 aromatic carbocycles. The Morgan fingerprint density at radius 1 is 1.10 bits per heavy atom. The third kappa shape index (κ3) is 4.60. The van der Waals surface area contributed by atoms with Crippen LogP contribution in [0.25, 0.3) is 10.9 Å². The van der Waals surface area contributed by atoms with Crippen molar-refractivity contribution in [3.63, 3.8) is 0 Å². The predicted octanol–water partition coefficient (Wildman–Crippen LogP) is 4.62. The van der Waals surface area contributed by atoms with Gasteiger partial charge in [0.25, 0.3) is 0 Å². The monoisotopic (exact) mass is 286 g/mol. The van der Waals surface area contributed by atoms with Crippen LogP contribution >= 0.6 is 0 Å². The van der Waals surface area contributed by atoms with Crippen molar-refractivity contribution in [1.82, 2.24) is 9.88 Å². The highest BCUT2D eigenvalue weighted by atomic mass is 15.0. The van der Waals surface area contributed by atoms with Gasteiger partial charge in [-0.05, 0) is 56.3 Å². The van der Waals surface area contributed by atoms with Gasteiger partial charge in [-0.25, -0.2) is 0 Å². The van der Waals surface area contributed by atoms with E-state index in [-0.39, 0.29) is 0 Å². The van der Waals surface area contributed by atoms with E-state index < -0.39 is 0 Å². The van der Waals surface area contributed by atoms with Crippen LogP contribution in [0.2, 0.25) is 0 Å². The zero-order valence-corrected chi connectivity index (χ0v) is 13.9. The van der Waals surface area contributed by atoms with Crippen molar-refractivity contribution < 1.29 is 0 Å². The molecule has 0 saturated carbocycles. The van der Waals surface area contributed by atoms with Crippen molar-refractivity contribution >= 4 is 10.9 Å². The van der Waals surface area contributed by atoms with E-state index >= 15 is 0 Å². The first-order valence-corrected chi connectivity index (χ1v) is 8.49. The standard InChI is InChI=1S/C19H30N2/c1-4-12-20-13-8-7-9-17-15-21(14-16(2)3)19-11-6-5-10-18(17)19/h5-6,10-11,15-16,20H,4,7-9,12-14H2,1-3H3. The molecule has 2 rings (SSSR count). The lowest BCUT2D eigenvalue weighted by atomic mass is 10.1. The average molecular weight is 286 g/mol. The fraction of sp³-hybridized carbons (Fsp3) is 0.579. The second-order valence-corrected chi connectivity index (χ2v) is 6.42. The molecule has 0 aliphatic rings. The van der Waals surface area contributed by atoms with Crippen LogP contribution in [0.3, 0.4) is 0 Å². The van der Waals surface area contributed by atoms with Crippen LogP contribution in [-0.4, -0.2) is 17.7 Å². The van der Waals surface area contributed by atoms with Gasteiger partial charge < -0.3 is 9.88 Å². The molecule has 1 aromatic heterocycles. The Morgan fingerprint density at radius 3 is 2.67 bits per heavy atom. The number of aryl methyl sites for hydroxylation is 1. The van der Waals surface area contributed by atoms with Crippen molar-refractivity contribution in [3.05, 3.63) is 36.0 Å². The van der Waals surface area contributed by atoms with E-state index in [1.165, 1.54) is 42.1 Å². The summed E-state index contributed by atoms with van der Waals surface area (Å²) in [5, 5.41) is 4.93. The fourth-order valence-electron chi connectivity index (χ4n) is 2.93. The van der Waals surface area contributed by atoms with E-state index in [0.717, 1.165) is 19.6 Å². The molecule has 0 unspecified atom stereocenters. The molecule has 0 bridgehead atoms. The Bertz CT molecular complexity index is 539. The maximum atomic E-state index is 3.48. The number of para-hydroxylation sites is 1. The summed E-state index contributed by atoms with van der Waals surface area (Å²) in [6.07, 6.45) is 7.34. The Morgan fingerprint density at radius 2 is 1.90 bits per heavy atom.